The summed E-state index contributed by atoms with van der Waals surface area (Å²) in [6, 6.07) is 39.1. The average molecular weight is 521 g/mol. The molecule has 0 radical (unpaired) electrons. The Hall–Kier alpha value is -4.76. The van der Waals surface area contributed by atoms with Gasteiger partial charge in [-0.05, 0) is 69.4 Å². The van der Waals surface area contributed by atoms with E-state index in [0.29, 0.717) is 0 Å². The van der Waals surface area contributed by atoms with Gasteiger partial charge in [0.15, 0.2) is 5.60 Å². The van der Waals surface area contributed by atoms with Crippen LogP contribution in [0.2, 0.25) is 0 Å². The maximum Gasteiger partial charge on any atom is 0.178 e. The van der Waals surface area contributed by atoms with E-state index in [0.717, 1.165) is 28.1 Å². The molecule has 6 aromatic carbocycles. The van der Waals surface area contributed by atoms with Gasteiger partial charge in [-0.3, -0.25) is 0 Å². The van der Waals surface area contributed by atoms with Crippen molar-refractivity contribution in [2.24, 2.45) is 0 Å². The van der Waals surface area contributed by atoms with Crippen molar-refractivity contribution in [3.8, 4) is 5.75 Å². The number of hydrogen-bond acceptors (Lipinski definition) is 3. The Kier molecular flexibility index (Phi) is 5.57. The maximum absolute atomic E-state index is 7.11. The van der Waals surface area contributed by atoms with E-state index in [4.69, 9.17) is 4.74 Å². The van der Waals surface area contributed by atoms with Crippen LogP contribution in [-0.4, -0.2) is 28.2 Å². The maximum atomic E-state index is 7.11. The molecule has 3 heteroatoms. The van der Waals surface area contributed by atoms with Crippen LogP contribution in [0.15, 0.2) is 115 Å². The van der Waals surface area contributed by atoms with Gasteiger partial charge in [0.1, 0.15) is 5.75 Å². The molecular weight excluding hydrogens is 488 g/mol. The van der Waals surface area contributed by atoms with Crippen molar-refractivity contribution in [3.05, 3.63) is 132 Å². The van der Waals surface area contributed by atoms with Gasteiger partial charge >= 0.3 is 0 Å². The van der Waals surface area contributed by atoms with Crippen molar-refractivity contribution in [2.45, 2.75) is 5.60 Å². The van der Waals surface area contributed by atoms with Gasteiger partial charge in [-0.25, -0.2) is 0 Å². The predicted octanol–water partition coefficient (Wildman–Crippen LogP) is 8.63. The van der Waals surface area contributed by atoms with Crippen LogP contribution in [0.5, 0.6) is 5.75 Å². The van der Waals surface area contributed by atoms with Crippen LogP contribution in [0, 0.1) is 0 Å². The molecule has 1 atom stereocenters. The molecule has 0 saturated heterocycles. The predicted molar refractivity (Wildman–Crippen MR) is 171 cm³/mol. The molecular formula is C37H32N2O. The minimum atomic E-state index is -0.725. The van der Waals surface area contributed by atoms with Crippen molar-refractivity contribution in [1.82, 2.24) is 0 Å². The Balaban J connectivity index is 1.50. The summed E-state index contributed by atoms with van der Waals surface area (Å²) in [4.78, 5) is 4.28. The second-order valence-corrected chi connectivity index (χ2v) is 11.0. The normalized spacial score (nSPS) is 16.2. The van der Waals surface area contributed by atoms with Gasteiger partial charge in [0.25, 0.3) is 0 Å². The van der Waals surface area contributed by atoms with Gasteiger partial charge in [-0.1, -0.05) is 78.9 Å². The van der Waals surface area contributed by atoms with Crippen molar-refractivity contribution in [2.75, 3.05) is 38.0 Å². The second-order valence-electron chi connectivity index (χ2n) is 11.0. The van der Waals surface area contributed by atoms with Crippen molar-refractivity contribution in [3.63, 3.8) is 0 Å². The largest absolute Gasteiger partial charge is 0.473 e. The molecule has 1 unspecified atom stereocenters. The van der Waals surface area contributed by atoms with Crippen molar-refractivity contribution < 1.29 is 4.74 Å². The lowest BCUT2D eigenvalue weighted by molar-refractivity contribution is 0.161. The summed E-state index contributed by atoms with van der Waals surface area (Å²) in [5.41, 5.74) is 4.96. The van der Waals surface area contributed by atoms with Gasteiger partial charge in [-0.15, -0.1) is 0 Å². The Morgan fingerprint density at radius 3 is 1.80 bits per heavy atom. The smallest absolute Gasteiger partial charge is 0.178 e. The summed E-state index contributed by atoms with van der Waals surface area (Å²) < 4.78 is 7.11. The minimum Gasteiger partial charge on any atom is -0.473 e. The number of hydrogen-bond donors (Lipinski definition) is 0. The van der Waals surface area contributed by atoms with Crippen LogP contribution in [-0.2, 0) is 5.60 Å². The molecule has 0 aromatic heterocycles. The molecule has 3 nitrogen and oxygen atoms in total. The zero-order chi connectivity index (χ0) is 27.4. The van der Waals surface area contributed by atoms with Crippen LogP contribution in [0.25, 0.3) is 38.4 Å². The Bertz CT molecular complexity index is 1920. The summed E-state index contributed by atoms with van der Waals surface area (Å²) in [7, 11) is 8.32. The van der Waals surface area contributed by atoms with E-state index in [1.165, 1.54) is 38.0 Å². The molecule has 0 amide bonds. The third-order valence-electron chi connectivity index (χ3n) is 8.27. The summed E-state index contributed by atoms with van der Waals surface area (Å²) in [6.45, 7) is 0. The van der Waals surface area contributed by atoms with Gasteiger partial charge in [0, 0.05) is 61.6 Å². The molecule has 0 fully saturated rings. The van der Waals surface area contributed by atoms with Crippen LogP contribution in [0.1, 0.15) is 16.7 Å². The molecule has 196 valence electrons. The van der Waals surface area contributed by atoms with E-state index in [1.54, 1.807) is 0 Å². The standard InChI is InChI=1S/C37H32N2O/c1-38(2)27-16-14-26(15-17-27)37(25-10-6-5-7-11-25)23-22-33-35(40-37)21-20-31-29-12-8-9-13-30(29)34-24-28(39(3)4)18-19-32(34)36(31)33/h5-24H,1-4H3. The lowest BCUT2D eigenvalue weighted by atomic mass is 9.82. The lowest BCUT2D eigenvalue weighted by Gasteiger charge is -2.36. The quantitative estimate of drug-likeness (QED) is 0.216. The fourth-order valence-corrected chi connectivity index (χ4v) is 6.15. The monoisotopic (exact) mass is 520 g/mol. The molecule has 40 heavy (non-hydrogen) atoms. The highest BCUT2D eigenvalue weighted by atomic mass is 16.5. The molecule has 1 heterocycles. The third kappa shape index (κ3) is 3.65. The van der Waals surface area contributed by atoms with Crippen LogP contribution >= 0.6 is 0 Å². The molecule has 7 rings (SSSR count). The first kappa shape index (κ1) is 24.3. The molecule has 0 saturated carbocycles. The number of ether oxygens (including phenoxy) is 1. The second kappa shape index (κ2) is 9.17. The van der Waals surface area contributed by atoms with Crippen LogP contribution < -0.4 is 14.5 Å². The number of anilines is 2. The summed E-state index contributed by atoms with van der Waals surface area (Å²) in [5, 5.41) is 7.51. The Labute approximate surface area is 235 Å². The highest BCUT2D eigenvalue weighted by Gasteiger charge is 2.37. The summed E-state index contributed by atoms with van der Waals surface area (Å²) >= 11 is 0. The molecule has 0 bridgehead atoms. The van der Waals surface area contributed by atoms with E-state index >= 15 is 0 Å². The van der Waals surface area contributed by atoms with E-state index in [2.05, 4.69) is 159 Å². The first-order valence-electron chi connectivity index (χ1n) is 13.8. The first-order valence-corrected chi connectivity index (χ1v) is 13.8. The van der Waals surface area contributed by atoms with Crippen molar-refractivity contribution in [1.29, 1.82) is 0 Å². The van der Waals surface area contributed by atoms with E-state index < -0.39 is 5.60 Å². The average Bonchev–Trinajstić information content (AvgIpc) is 3.00. The van der Waals surface area contributed by atoms with Crippen LogP contribution in [0.4, 0.5) is 11.4 Å². The van der Waals surface area contributed by atoms with E-state index in [1.807, 2.05) is 0 Å². The molecule has 0 spiro atoms. The van der Waals surface area contributed by atoms with E-state index in [9.17, 15) is 0 Å². The van der Waals surface area contributed by atoms with Gasteiger partial charge in [-0.2, -0.15) is 0 Å². The highest BCUT2D eigenvalue weighted by Crippen LogP contribution is 2.47. The topological polar surface area (TPSA) is 15.7 Å². The minimum absolute atomic E-state index is 0.725. The third-order valence-corrected chi connectivity index (χ3v) is 8.27. The molecule has 1 aliphatic heterocycles. The lowest BCUT2D eigenvalue weighted by Crippen LogP contribution is -2.34. The zero-order valence-electron chi connectivity index (χ0n) is 23.3. The molecule has 0 N–H and O–H groups in total. The number of rotatable bonds is 4. The number of nitrogens with zero attached hydrogens (tertiary/aromatic N) is 2. The van der Waals surface area contributed by atoms with Gasteiger partial charge in [0.2, 0.25) is 0 Å². The molecule has 6 aromatic rings. The summed E-state index contributed by atoms with van der Waals surface area (Å²) in [5.74, 6) is 0.892. The van der Waals surface area contributed by atoms with E-state index in [-0.39, 0.29) is 0 Å². The fraction of sp³-hybridized carbons (Fsp3) is 0.135. The zero-order valence-corrected chi connectivity index (χ0v) is 23.3. The molecule has 1 aliphatic rings. The Morgan fingerprint density at radius 1 is 0.525 bits per heavy atom. The number of fused-ring (bicyclic) bond motifs is 8. The summed E-state index contributed by atoms with van der Waals surface area (Å²) in [6.07, 6.45) is 4.52. The molecule has 0 aliphatic carbocycles. The highest BCUT2D eigenvalue weighted by molar-refractivity contribution is 6.27. The Morgan fingerprint density at radius 2 is 1.10 bits per heavy atom. The van der Waals surface area contributed by atoms with Crippen LogP contribution in [0.3, 0.4) is 0 Å². The SMILES string of the molecule is CN(C)c1ccc(C2(c3ccccc3)C=Cc3c(ccc4c5ccccc5c5cc(N(C)C)ccc5c34)O2)cc1. The van der Waals surface area contributed by atoms with Crippen molar-refractivity contribution >= 4 is 49.8 Å². The fourth-order valence-electron chi connectivity index (χ4n) is 6.15. The van der Waals surface area contributed by atoms with Gasteiger partial charge in [0.05, 0.1) is 0 Å². The van der Waals surface area contributed by atoms with Gasteiger partial charge < -0.3 is 14.5 Å². The first-order chi connectivity index (χ1) is 19.5. The number of benzene rings is 6.